The topological polar surface area (TPSA) is 53.9 Å². The van der Waals surface area contributed by atoms with Crippen molar-refractivity contribution in [1.29, 1.82) is 0 Å². The molecule has 22 heavy (non-hydrogen) atoms. The molecule has 1 amide bonds. The Bertz CT molecular complexity index is 420. The lowest BCUT2D eigenvalue weighted by Crippen LogP contribution is -2.49. The summed E-state index contributed by atoms with van der Waals surface area (Å²) in [6, 6.07) is 0.501. The number of amides is 1. The predicted molar refractivity (Wildman–Crippen MR) is 92.8 cm³/mol. The smallest absolute Gasteiger partial charge is 0.410 e. The summed E-state index contributed by atoms with van der Waals surface area (Å²) in [6.07, 6.45) is 3.43. The summed E-state index contributed by atoms with van der Waals surface area (Å²) in [6.45, 7) is 9.73. The number of carbonyl (C=O) groups is 1. The van der Waals surface area contributed by atoms with Crippen molar-refractivity contribution in [3.05, 3.63) is 0 Å². The van der Waals surface area contributed by atoms with Crippen LogP contribution in [0.1, 0.15) is 47.0 Å². The Morgan fingerprint density at radius 1 is 1.45 bits per heavy atom. The maximum Gasteiger partial charge on any atom is 0.410 e. The standard InChI is InChI=1S/C16H29N3O2S/c1-5-22-13-7-6-12(10-13)18-14-11-19(9-8-17-14)15(20)21-16(2,3)4/h12-13H,5-11H2,1-4H3,(H,17,18). The van der Waals surface area contributed by atoms with E-state index in [1.165, 1.54) is 25.0 Å². The quantitative estimate of drug-likeness (QED) is 0.866. The van der Waals surface area contributed by atoms with Crippen LogP contribution in [0.2, 0.25) is 0 Å². The molecule has 1 aliphatic heterocycles. The lowest BCUT2D eigenvalue weighted by atomic mass is 10.2. The molecule has 0 bridgehead atoms. The molecular weight excluding hydrogens is 298 g/mol. The third-order valence-corrected chi connectivity index (χ3v) is 5.06. The van der Waals surface area contributed by atoms with E-state index >= 15 is 0 Å². The third kappa shape index (κ3) is 5.38. The van der Waals surface area contributed by atoms with Gasteiger partial charge in [-0.05, 0) is 45.8 Å². The van der Waals surface area contributed by atoms with Gasteiger partial charge < -0.3 is 10.1 Å². The van der Waals surface area contributed by atoms with Crippen LogP contribution < -0.4 is 5.32 Å². The van der Waals surface area contributed by atoms with Crippen molar-refractivity contribution in [3.63, 3.8) is 0 Å². The first kappa shape index (κ1) is 17.4. The van der Waals surface area contributed by atoms with Crippen LogP contribution in [0.15, 0.2) is 4.99 Å². The number of thioether (sulfide) groups is 1. The largest absolute Gasteiger partial charge is 0.444 e. The Morgan fingerprint density at radius 3 is 2.91 bits per heavy atom. The summed E-state index contributed by atoms with van der Waals surface area (Å²) in [5.41, 5.74) is -0.449. The number of ether oxygens (including phenoxy) is 1. The van der Waals surface area contributed by atoms with Crippen molar-refractivity contribution in [2.45, 2.75) is 63.9 Å². The lowest BCUT2D eigenvalue weighted by Gasteiger charge is -2.30. The molecule has 0 radical (unpaired) electrons. The number of hydrogen-bond acceptors (Lipinski definition) is 5. The van der Waals surface area contributed by atoms with Crippen molar-refractivity contribution >= 4 is 23.7 Å². The van der Waals surface area contributed by atoms with E-state index in [2.05, 4.69) is 29.0 Å². The molecule has 1 fully saturated rings. The number of amidine groups is 1. The van der Waals surface area contributed by atoms with Gasteiger partial charge in [-0.3, -0.25) is 9.89 Å². The molecule has 2 atom stereocenters. The highest BCUT2D eigenvalue weighted by Crippen LogP contribution is 2.29. The second kappa shape index (κ2) is 7.57. The lowest BCUT2D eigenvalue weighted by molar-refractivity contribution is 0.0276. The number of nitrogens with zero attached hydrogens (tertiary/aromatic N) is 2. The SMILES string of the molecule is CCSC1CCC(NC2=NCCN(C(=O)OC(C)(C)C)C2)C1. The molecule has 126 valence electrons. The molecule has 0 aromatic carbocycles. The van der Waals surface area contributed by atoms with Gasteiger partial charge >= 0.3 is 6.09 Å². The van der Waals surface area contributed by atoms with E-state index in [0.717, 1.165) is 11.1 Å². The van der Waals surface area contributed by atoms with Crippen LogP contribution in [0, 0.1) is 0 Å². The Balaban J connectivity index is 1.81. The molecule has 0 aromatic heterocycles. The van der Waals surface area contributed by atoms with Gasteiger partial charge in [0.25, 0.3) is 0 Å². The van der Waals surface area contributed by atoms with E-state index < -0.39 is 5.60 Å². The van der Waals surface area contributed by atoms with Crippen LogP contribution in [0.4, 0.5) is 4.79 Å². The predicted octanol–water partition coefficient (Wildman–Crippen LogP) is 2.90. The molecule has 1 saturated carbocycles. The van der Waals surface area contributed by atoms with Crippen molar-refractivity contribution in [3.8, 4) is 0 Å². The fraction of sp³-hybridized carbons (Fsp3) is 0.875. The molecule has 5 nitrogen and oxygen atoms in total. The fourth-order valence-corrected chi connectivity index (χ4v) is 4.03. The minimum absolute atomic E-state index is 0.243. The van der Waals surface area contributed by atoms with Crippen LogP contribution in [0.3, 0.4) is 0 Å². The minimum Gasteiger partial charge on any atom is -0.444 e. The highest BCUT2D eigenvalue weighted by Gasteiger charge is 2.28. The first-order valence-corrected chi connectivity index (χ1v) is 9.31. The maximum atomic E-state index is 12.2. The van der Waals surface area contributed by atoms with E-state index in [-0.39, 0.29) is 6.09 Å². The molecule has 0 aromatic rings. The van der Waals surface area contributed by atoms with Gasteiger partial charge in [0.1, 0.15) is 11.4 Å². The van der Waals surface area contributed by atoms with Gasteiger partial charge in [0.05, 0.1) is 13.1 Å². The van der Waals surface area contributed by atoms with Gasteiger partial charge in [-0.2, -0.15) is 11.8 Å². The van der Waals surface area contributed by atoms with E-state index in [9.17, 15) is 4.79 Å². The third-order valence-electron chi connectivity index (χ3n) is 3.82. The second-order valence-electron chi connectivity index (χ2n) is 6.96. The van der Waals surface area contributed by atoms with Gasteiger partial charge in [-0.1, -0.05) is 6.92 Å². The number of hydrogen-bond donors (Lipinski definition) is 1. The molecular formula is C16H29N3O2S. The molecule has 2 rings (SSSR count). The van der Waals surface area contributed by atoms with Crippen molar-refractivity contribution < 1.29 is 9.53 Å². The van der Waals surface area contributed by atoms with E-state index in [4.69, 9.17) is 4.74 Å². The second-order valence-corrected chi connectivity index (χ2v) is 8.54. The number of nitrogens with one attached hydrogen (secondary N) is 1. The Kier molecular flexibility index (Phi) is 6.01. The zero-order valence-corrected chi connectivity index (χ0v) is 15.0. The van der Waals surface area contributed by atoms with Crippen molar-refractivity contribution in [2.75, 3.05) is 25.4 Å². The molecule has 1 N–H and O–H groups in total. The normalized spacial score (nSPS) is 25.8. The molecule has 1 heterocycles. The van der Waals surface area contributed by atoms with Gasteiger partial charge in [0.15, 0.2) is 0 Å². The fourth-order valence-electron chi connectivity index (χ4n) is 2.88. The number of rotatable bonds is 3. The van der Waals surface area contributed by atoms with Crippen molar-refractivity contribution in [2.24, 2.45) is 4.99 Å². The minimum atomic E-state index is -0.449. The van der Waals surface area contributed by atoms with Crippen molar-refractivity contribution in [1.82, 2.24) is 10.2 Å². The molecule has 6 heteroatoms. The zero-order valence-electron chi connectivity index (χ0n) is 14.2. The van der Waals surface area contributed by atoms with Crippen LogP contribution in [0.5, 0.6) is 0 Å². The van der Waals surface area contributed by atoms with Crippen LogP contribution in [-0.2, 0) is 4.74 Å². The van der Waals surface area contributed by atoms with E-state index in [0.29, 0.717) is 25.7 Å². The summed E-state index contributed by atoms with van der Waals surface area (Å²) >= 11 is 2.05. The first-order chi connectivity index (χ1) is 10.4. The molecule has 0 saturated heterocycles. The molecule has 2 unspecified atom stereocenters. The summed E-state index contributed by atoms with van der Waals surface area (Å²) in [5, 5.41) is 4.31. The Morgan fingerprint density at radius 2 is 2.23 bits per heavy atom. The van der Waals surface area contributed by atoms with Gasteiger partial charge in [-0.15, -0.1) is 0 Å². The zero-order chi connectivity index (χ0) is 16.2. The highest BCUT2D eigenvalue weighted by atomic mass is 32.2. The Hall–Kier alpha value is -0.910. The first-order valence-electron chi connectivity index (χ1n) is 8.26. The monoisotopic (exact) mass is 327 g/mol. The molecule has 0 spiro atoms. The maximum absolute atomic E-state index is 12.2. The van der Waals surface area contributed by atoms with Crippen LogP contribution >= 0.6 is 11.8 Å². The summed E-state index contributed by atoms with van der Waals surface area (Å²) < 4.78 is 5.45. The highest BCUT2D eigenvalue weighted by molar-refractivity contribution is 7.99. The molecule has 1 aliphatic carbocycles. The summed E-state index contributed by atoms with van der Waals surface area (Å²) in [7, 11) is 0. The van der Waals surface area contributed by atoms with E-state index in [1.54, 1.807) is 4.90 Å². The summed E-state index contributed by atoms with van der Waals surface area (Å²) in [5.74, 6) is 2.12. The van der Waals surface area contributed by atoms with Gasteiger partial charge in [0, 0.05) is 17.8 Å². The van der Waals surface area contributed by atoms with Crippen LogP contribution in [-0.4, -0.2) is 59.1 Å². The Labute approximate surface area is 138 Å². The van der Waals surface area contributed by atoms with Crippen LogP contribution in [0.25, 0.3) is 0 Å². The average Bonchev–Trinajstić information content (AvgIpc) is 2.85. The molecule has 2 aliphatic rings. The number of aliphatic imine (C=N–C) groups is 1. The van der Waals surface area contributed by atoms with Gasteiger partial charge in [-0.25, -0.2) is 4.79 Å². The summed E-state index contributed by atoms with van der Waals surface area (Å²) in [4.78, 5) is 18.4. The van der Waals surface area contributed by atoms with Gasteiger partial charge in [0.2, 0.25) is 0 Å². The average molecular weight is 327 g/mol. The van der Waals surface area contributed by atoms with E-state index in [1.807, 2.05) is 20.8 Å². The number of carbonyl (C=O) groups excluding carboxylic acids is 1.